The van der Waals surface area contributed by atoms with Crippen LogP contribution in [0.25, 0.3) is 6.08 Å². The van der Waals surface area contributed by atoms with Gasteiger partial charge in [0.15, 0.2) is 0 Å². The van der Waals surface area contributed by atoms with E-state index in [0.717, 1.165) is 5.41 Å². The van der Waals surface area contributed by atoms with Crippen LogP contribution in [0.2, 0.25) is 5.02 Å². The van der Waals surface area contributed by atoms with Gasteiger partial charge in [-0.15, -0.1) is 12.4 Å². The highest BCUT2D eigenvalue weighted by molar-refractivity contribution is 7.92. The molecule has 0 fully saturated rings. The molecule has 0 atom stereocenters. The van der Waals surface area contributed by atoms with Gasteiger partial charge in [0.2, 0.25) is 10.0 Å². The predicted octanol–water partition coefficient (Wildman–Crippen LogP) is 2.00. The van der Waals surface area contributed by atoms with E-state index in [1.54, 1.807) is 24.3 Å². The average molecular weight is 311 g/mol. The fourth-order valence-corrected chi connectivity index (χ4v) is 2.19. The van der Waals surface area contributed by atoms with Gasteiger partial charge in [0.1, 0.15) is 0 Å². The Bertz CT molecular complexity index is 490. The first-order chi connectivity index (χ1) is 8.05. The Morgan fingerprint density at radius 2 is 2.00 bits per heavy atom. The zero-order valence-corrected chi connectivity index (χ0v) is 12.1. The van der Waals surface area contributed by atoms with E-state index in [9.17, 15) is 8.42 Å². The summed E-state index contributed by atoms with van der Waals surface area (Å²) < 4.78 is 25.4. The quantitative estimate of drug-likeness (QED) is 0.789. The number of sulfonamides is 1. The highest BCUT2D eigenvalue weighted by Gasteiger charge is 2.03. The molecule has 0 bridgehead atoms. The predicted molar refractivity (Wildman–Crippen MR) is 78.3 cm³/mol. The van der Waals surface area contributed by atoms with Crippen molar-refractivity contribution in [3.8, 4) is 0 Å². The van der Waals surface area contributed by atoms with Crippen molar-refractivity contribution in [3.63, 3.8) is 0 Å². The Morgan fingerprint density at radius 1 is 1.33 bits per heavy atom. The zero-order chi connectivity index (χ0) is 12.7. The zero-order valence-electron chi connectivity index (χ0n) is 9.67. The van der Waals surface area contributed by atoms with E-state index in [0.29, 0.717) is 30.1 Å². The Hall–Kier alpha value is -0.590. The van der Waals surface area contributed by atoms with Gasteiger partial charge in [-0.05, 0) is 30.7 Å². The third-order valence-corrected chi connectivity index (χ3v) is 3.46. The first-order valence-corrected chi connectivity index (χ1v) is 7.10. The summed E-state index contributed by atoms with van der Waals surface area (Å²) in [7, 11) is -3.41. The van der Waals surface area contributed by atoms with Gasteiger partial charge in [0.25, 0.3) is 0 Å². The van der Waals surface area contributed by atoms with Crippen molar-refractivity contribution >= 4 is 40.1 Å². The number of benzene rings is 1. The van der Waals surface area contributed by atoms with Crippen molar-refractivity contribution in [3.05, 3.63) is 40.3 Å². The fraction of sp³-hybridized carbons (Fsp3) is 0.273. The minimum atomic E-state index is -3.41. The molecule has 1 aromatic rings. The molecule has 0 unspecified atom stereocenters. The lowest BCUT2D eigenvalue weighted by Gasteiger charge is -2.01. The summed E-state index contributed by atoms with van der Waals surface area (Å²) in [6, 6.07) is 7.03. The lowest BCUT2D eigenvalue weighted by molar-refractivity contribution is 0.589. The first kappa shape index (κ1) is 17.4. The summed E-state index contributed by atoms with van der Waals surface area (Å²) >= 11 is 5.90. The van der Waals surface area contributed by atoms with Gasteiger partial charge in [0, 0.05) is 17.0 Å². The molecule has 18 heavy (non-hydrogen) atoms. The molecule has 4 nitrogen and oxygen atoms in total. The molecular formula is C11H16Cl2N2O2S. The number of hydrogen-bond donors (Lipinski definition) is 2. The second-order valence-electron chi connectivity index (χ2n) is 3.41. The van der Waals surface area contributed by atoms with Crippen LogP contribution >= 0.6 is 24.0 Å². The second-order valence-corrected chi connectivity index (χ2v) is 5.46. The minimum Gasteiger partial charge on any atom is -0.330 e. The molecule has 0 aromatic heterocycles. The summed E-state index contributed by atoms with van der Waals surface area (Å²) in [6.07, 6.45) is 2.08. The molecule has 0 amide bonds. The van der Waals surface area contributed by atoms with E-state index in [2.05, 4.69) is 4.72 Å². The molecule has 0 aliphatic carbocycles. The van der Waals surface area contributed by atoms with Crippen molar-refractivity contribution in [1.82, 2.24) is 4.72 Å². The first-order valence-electron chi connectivity index (χ1n) is 5.17. The lowest BCUT2D eigenvalue weighted by Crippen LogP contribution is -2.24. The Labute approximate surface area is 119 Å². The number of rotatable bonds is 6. The van der Waals surface area contributed by atoms with Gasteiger partial charge in [-0.2, -0.15) is 0 Å². The number of nitrogens with two attached hydrogens (primary N) is 1. The summed E-state index contributed by atoms with van der Waals surface area (Å²) in [5.74, 6) is 0. The van der Waals surface area contributed by atoms with Gasteiger partial charge < -0.3 is 5.73 Å². The normalized spacial score (nSPS) is 11.4. The molecule has 0 saturated heterocycles. The van der Waals surface area contributed by atoms with E-state index >= 15 is 0 Å². The molecule has 0 radical (unpaired) electrons. The maximum Gasteiger partial charge on any atom is 0.233 e. The summed E-state index contributed by atoms with van der Waals surface area (Å²) in [4.78, 5) is 0. The van der Waals surface area contributed by atoms with Crippen LogP contribution in [0.5, 0.6) is 0 Å². The molecule has 7 heteroatoms. The van der Waals surface area contributed by atoms with Gasteiger partial charge in [-0.1, -0.05) is 29.8 Å². The van der Waals surface area contributed by atoms with Crippen LogP contribution in [-0.4, -0.2) is 21.5 Å². The largest absolute Gasteiger partial charge is 0.330 e. The highest BCUT2D eigenvalue weighted by Crippen LogP contribution is 2.16. The van der Waals surface area contributed by atoms with Gasteiger partial charge in [-0.3, -0.25) is 0 Å². The average Bonchev–Trinajstić information content (AvgIpc) is 2.28. The van der Waals surface area contributed by atoms with E-state index in [1.807, 2.05) is 0 Å². The smallest absolute Gasteiger partial charge is 0.233 e. The molecule has 1 rings (SSSR count). The van der Waals surface area contributed by atoms with Crippen molar-refractivity contribution in [2.24, 2.45) is 5.73 Å². The van der Waals surface area contributed by atoms with E-state index < -0.39 is 10.0 Å². The van der Waals surface area contributed by atoms with Crippen LogP contribution in [0.4, 0.5) is 0 Å². The topological polar surface area (TPSA) is 72.2 Å². The number of halogens is 2. The molecule has 0 spiro atoms. The summed E-state index contributed by atoms with van der Waals surface area (Å²) in [6.45, 7) is 0.794. The van der Waals surface area contributed by atoms with E-state index in [4.69, 9.17) is 17.3 Å². The Morgan fingerprint density at radius 3 is 2.61 bits per heavy atom. The van der Waals surface area contributed by atoms with E-state index in [1.165, 1.54) is 6.08 Å². The molecule has 0 aliphatic rings. The summed E-state index contributed by atoms with van der Waals surface area (Å²) in [5.41, 5.74) is 5.94. The van der Waals surface area contributed by atoms with Crippen LogP contribution in [0.3, 0.4) is 0 Å². The molecule has 3 N–H and O–H groups in total. The maximum absolute atomic E-state index is 11.5. The van der Waals surface area contributed by atoms with Gasteiger partial charge in [0.05, 0.1) is 0 Å². The standard InChI is InChI=1S/C11H15ClN2O2S.ClH/c12-11-5-2-1-4-10(11)6-9-17(15,16)14-8-3-7-13;/h1-2,4-6,9,14H,3,7-8,13H2;1H. The van der Waals surface area contributed by atoms with Gasteiger partial charge in [-0.25, -0.2) is 13.1 Å². The van der Waals surface area contributed by atoms with Crippen molar-refractivity contribution in [2.45, 2.75) is 6.42 Å². The SMILES string of the molecule is Cl.NCCCNS(=O)(=O)C=Cc1ccccc1Cl. The monoisotopic (exact) mass is 310 g/mol. The van der Waals surface area contributed by atoms with Crippen molar-refractivity contribution in [1.29, 1.82) is 0 Å². The molecule has 0 saturated carbocycles. The Balaban J connectivity index is 0.00000289. The van der Waals surface area contributed by atoms with Crippen LogP contribution in [-0.2, 0) is 10.0 Å². The van der Waals surface area contributed by atoms with E-state index in [-0.39, 0.29) is 12.4 Å². The van der Waals surface area contributed by atoms with Crippen molar-refractivity contribution < 1.29 is 8.42 Å². The maximum atomic E-state index is 11.5. The molecule has 0 aliphatic heterocycles. The molecule has 1 aromatic carbocycles. The number of nitrogens with one attached hydrogen (secondary N) is 1. The van der Waals surface area contributed by atoms with Crippen LogP contribution in [0.15, 0.2) is 29.7 Å². The third-order valence-electron chi connectivity index (χ3n) is 2.02. The molecule has 0 heterocycles. The Kier molecular flexibility index (Phi) is 8.22. The second kappa shape index (κ2) is 8.50. The lowest BCUT2D eigenvalue weighted by atomic mass is 10.2. The summed E-state index contributed by atoms with van der Waals surface area (Å²) in [5, 5.41) is 1.62. The molecule has 102 valence electrons. The van der Waals surface area contributed by atoms with Crippen LogP contribution in [0.1, 0.15) is 12.0 Å². The highest BCUT2D eigenvalue weighted by atomic mass is 35.5. The fourth-order valence-electron chi connectivity index (χ4n) is 1.14. The number of hydrogen-bond acceptors (Lipinski definition) is 3. The van der Waals surface area contributed by atoms with Gasteiger partial charge >= 0.3 is 0 Å². The van der Waals surface area contributed by atoms with Crippen LogP contribution in [0, 0.1) is 0 Å². The van der Waals surface area contributed by atoms with Crippen molar-refractivity contribution in [2.75, 3.05) is 13.1 Å². The van der Waals surface area contributed by atoms with Crippen LogP contribution < -0.4 is 10.5 Å². The minimum absolute atomic E-state index is 0. The third kappa shape index (κ3) is 6.37. The molecular weight excluding hydrogens is 295 g/mol.